The Balaban J connectivity index is 1.61. The number of nitrogens with one attached hydrogen (secondary N) is 1. The van der Waals surface area contributed by atoms with Crippen LogP contribution in [-0.2, 0) is 24.2 Å². The molecule has 1 amide bonds. The zero-order valence-corrected chi connectivity index (χ0v) is 13.9. The second-order valence-corrected chi connectivity index (χ2v) is 6.98. The lowest BCUT2D eigenvalue weighted by Crippen LogP contribution is -2.29. The Hall–Kier alpha value is -2.16. The molecule has 0 fully saturated rings. The van der Waals surface area contributed by atoms with Crippen molar-refractivity contribution in [3.8, 4) is 6.07 Å². The van der Waals surface area contributed by atoms with Crippen LogP contribution in [0, 0.1) is 11.3 Å². The van der Waals surface area contributed by atoms with Crippen LogP contribution in [0.25, 0.3) is 0 Å². The fourth-order valence-electron chi connectivity index (χ4n) is 2.97. The minimum atomic E-state index is -0.0696. The van der Waals surface area contributed by atoms with Crippen LogP contribution in [0.2, 0.25) is 0 Å². The van der Waals surface area contributed by atoms with Crippen molar-refractivity contribution in [3.63, 3.8) is 0 Å². The second kappa shape index (κ2) is 6.95. The topological polar surface area (TPSA) is 56.1 Å². The summed E-state index contributed by atoms with van der Waals surface area (Å²) in [6.07, 6.45) is 3.10. The van der Waals surface area contributed by atoms with Gasteiger partial charge in [-0.2, -0.15) is 5.26 Å². The molecule has 1 aromatic heterocycles. The summed E-state index contributed by atoms with van der Waals surface area (Å²) in [5.74, 6) is -0.0696. The Morgan fingerprint density at radius 3 is 2.87 bits per heavy atom. The number of hydrogen-bond donors (Lipinski definition) is 1. The largest absolute Gasteiger partial charge is 0.315 e. The Labute approximate surface area is 140 Å². The number of nitrogens with zero attached hydrogens (tertiary/aromatic N) is 2. The first-order chi connectivity index (χ1) is 11.2. The summed E-state index contributed by atoms with van der Waals surface area (Å²) in [6.45, 7) is 1.03. The third-order valence-corrected chi connectivity index (χ3v) is 5.20. The third-order valence-electron chi connectivity index (χ3n) is 3.99. The standard InChI is InChI=1S/C18H19N3OS/c1-21(11-13-6-3-2-4-7-13)12-17(22)20-18-15(10-19)14-8-5-9-16(14)23-18/h2-4,6-7H,5,8-9,11-12H2,1H3,(H,20,22). The molecule has 1 aliphatic rings. The Bertz CT molecular complexity index is 746. The van der Waals surface area contributed by atoms with Crippen molar-refractivity contribution < 1.29 is 4.79 Å². The second-order valence-electron chi connectivity index (χ2n) is 5.88. The molecule has 1 N–H and O–H groups in total. The number of thiophene rings is 1. The average Bonchev–Trinajstić information content (AvgIpc) is 3.08. The van der Waals surface area contributed by atoms with Gasteiger partial charge in [0.05, 0.1) is 12.1 Å². The molecular weight excluding hydrogens is 306 g/mol. The maximum atomic E-state index is 12.3. The van der Waals surface area contributed by atoms with Gasteiger partial charge in [-0.05, 0) is 37.4 Å². The fraction of sp³-hybridized carbons (Fsp3) is 0.333. The van der Waals surface area contributed by atoms with E-state index in [0.717, 1.165) is 36.4 Å². The van der Waals surface area contributed by atoms with Crippen LogP contribution in [-0.4, -0.2) is 24.4 Å². The van der Waals surface area contributed by atoms with E-state index in [0.29, 0.717) is 12.1 Å². The van der Waals surface area contributed by atoms with E-state index in [2.05, 4.69) is 11.4 Å². The number of amides is 1. The highest BCUT2D eigenvalue weighted by Crippen LogP contribution is 2.38. The van der Waals surface area contributed by atoms with Crippen LogP contribution in [0.5, 0.6) is 0 Å². The Kier molecular flexibility index (Phi) is 4.75. The molecule has 0 atom stereocenters. The lowest BCUT2D eigenvalue weighted by molar-refractivity contribution is -0.117. The summed E-state index contributed by atoms with van der Waals surface area (Å²) in [5, 5.41) is 13.0. The maximum Gasteiger partial charge on any atom is 0.239 e. The summed E-state index contributed by atoms with van der Waals surface area (Å²) in [5.41, 5.74) is 2.99. The van der Waals surface area contributed by atoms with Crippen molar-refractivity contribution in [2.45, 2.75) is 25.8 Å². The van der Waals surface area contributed by atoms with Gasteiger partial charge in [-0.3, -0.25) is 9.69 Å². The van der Waals surface area contributed by atoms with Crippen molar-refractivity contribution in [1.82, 2.24) is 4.90 Å². The van der Waals surface area contributed by atoms with Crippen LogP contribution in [0.1, 0.15) is 28.0 Å². The number of benzene rings is 1. The van der Waals surface area contributed by atoms with Crippen molar-refractivity contribution in [3.05, 3.63) is 51.9 Å². The smallest absolute Gasteiger partial charge is 0.239 e. The summed E-state index contributed by atoms with van der Waals surface area (Å²) in [7, 11) is 1.92. The zero-order valence-electron chi connectivity index (χ0n) is 13.1. The minimum Gasteiger partial charge on any atom is -0.315 e. The van der Waals surface area contributed by atoms with Crippen molar-refractivity contribution in [2.24, 2.45) is 0 Å². The average molecular weight is 325 g/mol. The number of hydrogen-bond acceptors (Lipinski definition) is 4. The van der Waals surface area contributed by atoms with Gasteiger partial charge in [-0.1, -0.05) is 30.3 Å². The molecule has 2 aromatic rings. The zero-order chi connectivity index (χ0) is 16.2. The first-order valence-corrected chi connectivity index (χ1v) is 8.56. The quantitative estimate of drug-likeness (QED) is 0.918. The predicted molar refractivity (Wildman–Crippen MR) is 92.5 cm³/mol. The van der Waals surface area contributed by atoms with Gasteiger partial charge in [0.25, 0.3) is 0 Å². The number of carbonyl (C=O) groups excluding carboxylic acids is 1. The number of aryl methyl sites for hydroxylation is 1. The molecule has 4 nitrogen and oxygen atoms in total. The minimum absolute atomic E-state index is 0.0696. The van der Waals surface area contributed by atoms with Gasteiger partial charge in [0.1, 0.15) is 11.1 Å². The number of likely N-dealkylation sites (N-methyl/N-ethyl adjacent to an activating group) is 1. The van der Waals surface area contributed by atoms with Gasteiger partial charge in [-0.25, -0.2) is 0 Å². The van der Waals surface area contributed by atoms with Gasteiger partial charge in [0.2, 0.25) is 5.91 Å². The molecule has 5 heteroatoms. The first-order valence-electron chi connectivity index (χ1n) is 7.74. The molecule has 0 bridgehead atoms. The van der Waals surface area contributed by atoms with E-state index in [1.165, 1.54) is 10.4 Å². The normalized spacial score (nSPS) is 12.9. The number of carbonyl (C=O) groups is 1. The van der Waals surface area contributed by atoms with E-state index in [9.17, 15) is 10.1 Å². The molecule has 0 radical (unpaired) electrons. The third kappa shape index (κ3) is 3.61. The lowest BCUT2D eigenvalue weighted by atomic mass is 10.1. The molecule has 0 aliphatic heterocycles. The van der Waals surface area contributed by atoms with Crippen LogP contribution < -0.4 is 5.32 Å². The summed E-state index contributed by atoms with van der Waals surface area (Å²) in [4.78, 5) is 15.5. The van der Waals surface area contributed by atoms with E-state index in [1.807, 2.05) is 42.3 Å². The molecular formula is C18H19N3OS. The first kappa shape index (κ1) is 15.7. The molecule has 1 aliphatic carbocycles. The summed E-state index contributed by atoms with van der Waals surface area (Å²) >= 11 is 1.56. The van der Waals surface area contributed by atoms with Gasteiger partial charge >= 0.3 is 0 Å². The molecule has 1 aromatic carbocycles. The van der Waals surface area contributed by atoms with Gasteiger partial charge in [0, 0.05) is 11.4 Å². The molecule has 0 unspecified atom stereocenters. The van der Waals surface area contributed by atoms with Crippen LogP contribution in [0.15, 0.2) is 30.3 Å². The Morgan fingerprint density at radius 2 is 2.13 bits per heavy atom. The summed E-state index contributed by atoms with van der Waals surface area (Å²) < 4.78 is 0. The number of anilines is 1. The highest BCUT2D eigenvalue weighted by atomic mass is 32.1. The maximum absolute atomic E-state index is 12.3. The molecule has 0 saturated carbocycles. The van der Waals surface area contributed by atoms with Crippen LogP contribution in [0.4, 0.5) is 5.00 Å². The summed E-state index contributed by atoms with van der Waals surface area (Å²) in [6, 6.07) is 12.3. The van der Waals surface area contributed by atoms with Crippen LogP contribution in [0.3, 0.4) is 0 Å². The van der Waals surface area contributed by atoms with E-state index in [1.54, 1.807) is 11.3 Å². The SMILES string of the molecule is CN(CC(=O)Nc1sc2c(c1C#N)CCC2)Cc1ccccc1. The van der Waals surface area contributed by atoms with E-state index in [-0.39, 0.29) is 5.91 Å². The van der Waals surface area contributed by atoms with Crippen LogP contribution >= 0.6 is 11.3 Å². The Morgan fingerprint density at radius 1 is 1.35 bits per heavy atom. The molecule has 118 valence electrons. The number of fused-ring (bicyclic) bond motifs is 1. The van der Waals surface area contributed by atoms with Crippen molar-refractivity contribution in [1.29, 1.82) is 5.26 Å². The molecule has 0 saturated heterocycles. The van der Waals surface area contributed by atoms with E-state index in [4.69, 9.17) is 0 Å². The predicted octanol–water partition coefficient (Wildman–Crippen LogP) is 3.18. The monoisotopic (exact) mass is 325 g/mol. The van der Waals surface area contributed by atoms with Crippen molar-refractivity contribution in [2.75, 3.05) is 18.9 Å². The lowest BCUT2D eigenvalue weighted by Gasteiger charge is -2.16. The van der Waals surface area contributed by atoms with Gasteiger partial charge < -0.3 is 5.32 Å². The molecule has 1 heterocycles. The number of rotatable bonds is 5. The number of nitriles is 1. The van der Waals surface area contributed by atoms with E-state index < -0.39 is 0 Å². The highest BCUT2D eigenvalue weighted by molar-refractivity contribution is 7.16. The highest BCUT2D eigenvalue weighted by Gasteiger charge is 2.23. The molecule has 3 rings (SSSR count). The van der Waals surface area contributed by atoms with Gasteiger partial charge in [0.15, 0.2) is 0 Å². The van der Waals surface area contributed by atoms with Crippen molar-refractivity contribution >= 4 is 22.2 Å². The fourth-order valence-corrected chi connectivity index (χ4v) is 4.23. The van der Waals surface area contributed by atoms with Gasteiger partial charge in [-0.15, -0.1) is 11.3 Å². The molecule has 23 heavy (non-hydrogen) atoms. The molecule has 0 spiro atoms. The van der Waals surface area contributed by atoms with E-state index >= 15 is 0 Å².